The van der Waals surface area contributed by atoms with Crippen molar-refractivity contribution >= 4 is 23.1 Å². The average Bonchev–Trinajstić information content (AvgIpc) is 3.50. The van der Waals surface area contributed by atoms with Gasteiger partial charge in [0.25, 0.3) is 0 Å². The number of rotatable bonds is 8. The second kappa shape index (κ2) is 9.32. The van der Waals surface area contributed by atoms with Crippen molar-refractivity contribution in [3.63, 3.8) is 0 Å². The van der Waals surface area contributed by atoms with Gasteiger partial charge in [0.05, 0.1) is 5.69 Å². The number of para-hydroxylation sites is 1. The minimum Gasteiger partial charge on any atom is -0.492 e. The summed E-state index contributed by atoms with van der Waals surface area (Å²) in [7, 11) is 0. The first-order valence-electron chi connectivity index (χ1n) is 11.0. The van der Waals surface area contributed by atoms with Crippen LogP contribution in [0.5, 0.6) is 17.2 Å². The second-order valence-electron chi connectivity index (χ2n) is 7.94. The Hall–Kier alpha value is -3.52. The Morgan fingerprint density at radius 1 is 1.03 bits per heavy atom. The summed E-state index contributed by atoms with van der Waals surface area (Å²) in [5, 5.41) is 6.59. The van der Waals surface area contributed by atoms with Crippen molar-refractivity contribution in [3.05, 3.63) is 54.2 Å². The Labute approximate surface area is 187 Å². The van der Waals surface area contributed by atoms with E-state index in [0.717, 1.165) is 35.0 Å². The number of ether oxygens (including phenoxy) is 3. The molecule has 0 saturated carbocycles. The Kier molecular flexibility index (Phi) is 5.93. The maximum atomic E-state index is 5.88. The number of nitrogens with zero attached hydrogens (tertiary/aromatic N) is 3. The van der Waals surface area contributed by atoms with Gasteiger partial charge in [-0.1, -0.05) is 6.07 Å². The van der Waals surface area contributed by atoms with Crippen molar-refractivity contribution in [3.8, 4) is 17.2 Å². The lowest BCUT2D eigenvalue weighted by atomic mass is 10.2. The summed E-state index contributed by atoms with van der Waals surface area (Å²) in [5.74, 6) is 3.49. The van der Waals surface area contributed by atoms with Gasteiger partial charge in [0.1, 0.15) is 18.2 Å². The number of nitrogens with one attached hydrogen (secondary N) is 2. The van der Waals surface area contributed by atoms with E-state index in [1.54, 1.807) is 6.20 Å². The third-order valence-corrected chi connectivity index (χ3v) is 5.61. The SMILES string of the molecule is Cc1cnc(Nc2ccc(OCCN3CCCC3)cc2)nc1Nc1cccc2c1OCO2. The first-order valence-corrected chi connectivity index (χ1v) is 11.0. The van der Waals surface area contributed by atoms with E-state index in [4.69, 9.17) is 14.2 Å². The van der Waals surface area contributed by atoms with Gasteiger partial charge in [-0.25, -0.2) is 4.98 Å². The van der Waals surface area contributed by atoms with Crippen LogP contribution < -0.4 is 24.8 Å². The van der Waals surface area contributed by atoms with Crippen LogP contribution in [0.3, 0.4) is 0 Å². The zero-order valence-corrected chi connectivity index (χ0v) is 18.1. The number of benzene rings is 2. The van der Waals surface area contributed by atoms with E-state index in [2.05, 4.69) is 25.5 Å². The van der Waals surface area contributed by atoms with Crippen LogP contribution in [-0.4, -0.2) is 47.9 Å². The lowest BCUT2D eigenvalue weighted by Crippen LogP contribution is -2.25. The van der Waals surface area contributed by atoms with Gasteiger partial charge in [-0.3, -0.25) is 4.90 Å². The van der Waals surface area contributed by atoms with E-state index >= 15 is 0 Å². The smallest absolute Gasteiger partial charge is 0.231 e. The van der Waals surface area contributed by atoms with Crippen LogP contribution in [0.4, 0.5) is 23.1 Å². The van der Waals surface area contributed by atoms with Crippen molar-refractivity contribution < 1.29 is 14.2 Å². The molecule has 2 N–H and O–H groups in total. The third-order valence-electron chi connectivity index (χ3n) is 5.61. The molecule has 1 saturated heterocycles. The quantitative estimate of drug-likeness (QED) is 0.538. The topological polar surface area (TPSA) is 80.8 Å². The zero-order chi connectivity index (χ0) is 21.8. The molecule has 2 aromatic carbocycles. The molecule has 1 fully saturated rings. The Morgan fingerprint density at radius 3 is 2.72 bits per heavy atom. The maximum absolute atomic E-state index is 5.88. The highest BCUT2D eigenvalue weighted by atomic mass is 16.7. The third kappa shape index (κ3) is 4.70. The number of hydrogen-bond donors (Lipinski definition) is 2. The molecule has 0 radical (unpaired) electrons. The van der Waals surface area contributed by atoms with Crippen molar-refractivity contribution in [2.45, 2.75) is 19.8 Å². The minimum atomic E-state index is 0.224. The second-order valence-corrected chi connectivity index (χ2v) is 7.94. The van der Waals surface area contributed by atoms with Gasteiger partial charge in [-0.2, -0.15) is 4.98 Å². The molecule has 0 atom stereocenters. The Balaban J connectivity index is 1.21. The fourth-order valence-corrected chi connectivity index (χ4v) is 3.85. The van der Waals surface area contributed by atoms with Gasteiger partial charge in [0.2, 0.25) is 12.7 Å². The lowest BCUT2D eigenvalue weighted by Gasteiger charge is -2.15. The fourth-order valence-electron chi connectivity index (χ4n) is 3.85. The maximum Gasteiger partial charge on any atom is 0.231 e. The molecule has 32 heavy (non-hydrogen) atoms. The van der Waals surface area contributed by atoms with E-state index in [-0.39, 0.29) is 6.79 Å². The van der Waals surface area contributed by atoms with Gasteiger partial charge in [0.15, 0.2) is 11.5 Å². The molecule has 0 spiro atoms. The van der Waals surface area contributed by atoms with Crippen LogP contribution in [0.1, 0.15) is 18.4 Å². The lowest BCUT2D eigenvalue weighted by molar-refractivity contribution is 0.174. The first-order chi connectivity index (χ1) is 15.7. The monoisotopic (exact) mass is 433 g/mol. The molecule has 0 aliphatic carbocycles. The molecular formula is C24H27N5O3. The largest absolute Gasteiger partial charge is 0.492 e. The summed E-state index contributed by atoms with van der Waals surface area (Å²) in [6.45, 7) is 6.25. The van der Waals surface area contributed by atoms with Crippen LogP contribution >= 0.6 is 0 Å². The van der Waals surface area contributed by atoms with Gasteiger partial charge >= 0.3 is 0 Å². The van der Waals surface area contributed by atoms with Crippen molar-refractivity contribution in [2.24, 2.45) is 0 Å². The Morgan fingerprint density at radius 2 is 1.88 bits per heavy atom. The number of aromatic nitrogens is 2. The molecule has 0 unspecified atom stereocenters. The predicted molar refractivity (Wildman–Crippen MR) is 124 cm³/mol. The molecule has 2 aliphatic rings. The van der Waals surface area contributed by atoms with Gasteiger partial charge < -0.3 is 24.8 Å². The normalized spacial score (nSPS) is 15.0. The molecule has 8 nitrogen and oxygen atoms in total. The molecule has 5 rings (SSSR count). The van der Waals surface area contributed by atoms with E-state index in [9.17, 15) is 0 Å². The first kappa shape index (κ1) is 20.4. The Bertz CT molecular complexity index is 1070. The summed E-state index contributed by atoms with van der Waals surface area (Å²) >= 11 is 0. The molecule has 1 aromatic heterocycles. The molecule has 0 amide bonds. The summed E-state index contributed by atoms with van der Waals surface area (Å²) in [5.41, 5.74) is 2.63. The summed E-state index contributed by atoms with van der Waals surface area (Å²) in [6.07, 6.45) is 4.39. The summed E-state index contributed by atoms with van der Waals surface area (Å²) < 4.78 is 16.9. The van der Waals surface area contributed by atoms with Gasteiger partial charge in [0, 0.05) is 24.0 Å². The predicted octanol–water partition coefficient (Wildman–Crippen LogP) is 4.48. The summed E-state index contributed by atoms with van der Waals surface area (Å²) in [4.78, 5) is 11.5. The zero-order valence-electron chi connectivity index (χ0n) is 18.1. The highest BCUT2D eigenvalue weighted by molar-refractivity contribution is 5.71. The number of hydrogen-bond acceptors (Lipinski definition) is 8. The fraction of sp³-hybridized carbons (Fsp3) is 0.333. The number of aryl methyl sites for hydroxylation is 1. The van der Waals surface area contributed by atoms with Crippen molar-refractivity contribution in [1.82, 2.24) is 14.9 Å². The van der Waals surface area contributed by atoms with Crippen LogP contribution in [0.15, 0.2) is 48.7 Å². The molecule has 166 valence electrons. The number of anilines is 4. The molecule has 0 bridgehead atoms. The standard InChI is InChI=1S/C24H27N5O3/c1-17-15-25-24(28-23(17)27-20-5-4-6-21-22(20)32-16-31-21)26-18-7-9-19(10-8-18)30-14-13-29-11-2-3-12-29/h4-10,15H,2-3,11-14,16H2,1H3,(H2,25,26,27,28). The highest BCUT2D eigenvalue weighted by Gasteiger charge is 2.18. The van der Waals surface area contributed by atoms with E-state index < -0.39 is 0 Å². The average molecular weight is 434 g/mol. The number of fused-ring (bicyclic) bond motifs is 1. The van der Waals surface area contributed by atoms with E-state index in [1.165, 1.54) is 25.9 Å². The molecule has 3 aromatic rings. The van der Waals surface area contributed by atoms with Crippen LogP contribution in [0.25, 0.3) is 0 Å². The van der Waals surface area contributed by atoms with Crippen molar-refractivity contribution in [1.29, 1.82) is 0 Å². The highest BCUT2D eigenvalue weighted by Crippen LogP contribution is 2.40. The van der Waals surface area contributed by atoms with Gasteiger partial charge in [-0.15, -0.1) is 0 Å². The summed E-state index contributed by atoms with van der Waals surface area (Å²) in [6, 6.07) is 13.6. The van der Waals surface area contributed by atoms with Gasteiger partial charge in [-0.05, 0) is 69.3 Å². The van der Waals surface area contributed by atoms with Crippen LogP contribution in [-0.2, 0) is 0 Å². The molecule has 8 heteroatoms. The van der Waals surface area contributed by atoms with Crippen LogP contribution in [0.2, 0.25) is 0 Å². The van der Waals surface area contributed by atoms with E-state index in [0.29, 0.717) is 24.1 Å². The minimum absolute atomic E-state index is 0.224. The van der Waals surface area contributed by atoms with Crippen LogP contribution in [0, 0.1) is 6.92 Å². The van der Waals surface area contributed by atoms with E-state index in [1.807, 2.05) is 49.4 Å². The molecule has 2 aliphatic heterocycles. The molecular weight excluding hydrogens is 406 g/mol. The molecule has 3 heterocycles. The number of likely N-dealkylation sites (tertiary alicyclic amines) is 1. The van der Waals surface area contributed by atoms with Crippen molar-refractivity contribution in [2.75, 3.05) is 43.7 Å².